The molecule has 2 atom stereocenters. The highest BCUT2D eigenvalue weighted by Gasteiger charge is 2.43. The lowest BCUT2D eigenvalue weighted by atomic mass is 10.1. The maximum absolute atomic E-state index is 12.2. The molecule has 2 aromatic carbocycles. The number of carbonyl (C=O) groups is 1. The minimum absolute atomic E-state index is 0.0193. The second-order valence-electron chi connectivity index (χ2n) is 6.48. The first-order valence-corrected chi connectivity index (χ1v) is 8.67. The van der Waals surface area contributed by atoms with Crippen molar-refractivity contribution in [2.75, 3.05) is 0 Å². The van der Waals surface area contributed by atoms with Crippen LogP contribution < -0.4 is 5.43 Å². The van der Waals surface area contributed by atoms with E-state index in [0.29, 0.717) is 5.92 Å². The third kappa shape index (κ3) is 3.91. The summed E-state index contributed by atoms with van der Waals surface area (Å²) < 4.78 is 0. The Kier molecular flexibility index (Phi) is 5.09. The van der Waals surface area contributed by atoms with Crippen LogP contribution in [0.15, 0.2) is 59.7 Å². The smallest absolute Gasteiger partial charge is 0.243 e. The lowest BCUT2D eigenvalue weighted by molar-refractivity contribution is -0.122. The zero-order valence-electron chi connectivity index (χ0n) is 14.3. The number of rotatable bonds is 6. The largest absolute Gasteiger partial charge is 0.273 e. The summed E-state index contributed by atoms with van der Waals surface area (Å²) in [5.41, 5.74) is 7.19. The fraction of sp³-hybridized carbons (Fsp3) is 0.333. The van der Waals surface area contributed by atoms with Crippen molar-refractivity contribution >= 4 is 11.6 Å². The highest BCUT2D eigenvalue weighted by Crippen LogP contribution is 2.47. The molecule has 0 saturated heterocycles. The average Bonchev–Trinajstić information content (AvgIpc) is 3.42. The number of nitrogens with zero attached hydrogens (tertiary/aromatic N) is 1. The third-order valence-electron chi connectivity index (χ3n) is 4.60. The van der Waals surface area contributed by atoms with E-state index in [9.17, 15) is 4.79 Å². The third-order valence-corrected chi connectivity index (χ3v) is 4.60. The predicted octanol–water partition coefficient (Wildman–Crippen LogP) is 4.28. The van der Waals surface area contributed by atoms with Crippen LogP contribution in [0.2, 0.25) is 0 Å². The SMILES string of the molecule is CCCc1ccc(/C(C)=N\NC(=O)[C@@H]2C[C@@H]2c2ccccc2)cc1. The van der Waals surface area contributed by atoms with Crippen molar-refractivity contribution in [3.8, 4) is 0 Å². The number of amides is 1. The molecule has 0 aliphatic heterocycles. The molecule has 3 heteroatoms. The fourth-order valence-corrected chi connectivity index (χ4v) is 3.04. The first-order chi connectivity index (χ1) is 11.7. The van der Waals surface area contributed by atoms with Crippen LogP contribution in [0.3, 0.4) is 0 Å². The Bertz CT molecular complexity index is 719. The minimum Gasteiger partial charge on any atom is -0.273 e. The van der Waals surface area contributed by atoms with E-state index in [1.165, 1.54) is 11.1 Å². The van der Waals surface area contributed by atoms with Crippen LogP contribution >= 0.6 is 0 Å². The van der Waals surface area contributed by atoms with E-state index in [1.807, 2.05) is 25.1 Å². The molecule has 1 aliphatic rings. The molecule has 3 rings (SSSR count). The van der Waals surface area contributed by atoms with Gasteiger partial charge in [-0.25, -0.2) is 5.43 Å². The van der Waals surface area contributed by atoms with Crippen LogP contribution in [-0.4, -0.2) is 11.6 Å². The second-order valence-corrected chi connectivity index (χ2v) is 6.48. The summed E-state index contributed by atoms with van der Waals surface area (Å²) in [6, 6.07) is 18.6. The number of benzene rings is 2. The second kappa shape index (κ2) is 7.43. The van der Waals surface area contributed by atoms with Crippen molar-refractivity contribution in [2.24, 2.45) is 11.0 Å². The first kappa shape index (κ1) is 16.4. The molecule has 0 spiro atoms. The van der Waals surface area contributed by atoms with Gasteiger partial charge in [0, 0.05) is 5.92 Å². The number of hydrogen-bond donors (Lipinski definition) is 1. The molecule has 0 aromatic heterocycles. The topological polar surface area (TPSA) is 41.5 Å². The van der Waals surface area contributed by atoms with Crippen molar-refractivity contribution in [2.45, 2.75) is 39.0 Å². The van der Waals surface area contributed by atoms with Crippen molar-refractivity contribution < 1.29 is 4.79 Å². The maximum atomic E-state index is 12.2. The van der Waals surface area contributed by atoms with Gasteiger partial charge in [-0.3, -0.25) is 4.79 Å². The number of hydrogen-bond acceptors (Lipinski definition) is 2. The van der Waals surface area contributed by atoms with Gasteiger partial charge in [-0.15, -0.1) is 0 Å². The number of hydrazone groups is 1. The van der Waals surface area contributed by atoms with E-state index < -0.39 is 0 Å². The Morgan fingerprint density at radius 1 is 1.12 bits per heavy atom. The summed E-state index contributed by atoms with van der Waals surface area (Å²) in [6.07, 6.45) is 3.15. The lowest BCUT2D eigenvalue weighted by Gasteiger charge is -2.05. The zero-order chi connectivity index (χ0) is 16.9. The van der Waals surface area contributed by atoms with E-state index in [-0.39, 0.29) is 11.8 Å². The Morgan fingerprint density at radius 3 is 2.50 bits per heavy atom. The molecule has 1 saturated carbocycles. The summed E-state index contributed by atoms with van der Waals surface area (Å²) in [6.45, 7) is 4.10. The van der Waals surface area contributed by atoms with E-state index in [1.54, 1.807) is 0 Å². The molecule has 2 aromatic rings. The summed E-state index contributed by atoms with van der Waals surface area (Å²) in [5, 5.41) is 4.28. The lowest BCUT2D eigenvalue weighted by Crippen LogP contribution is -2.21. The van der Waals surface area contributed by atoms with Crippen LogP contribution in [0, 0.1) is 5.92 Å². The van der Waals surface area contributed by atoms with Crippen molar-refractivity contribution in [1.29, 1.82) is 0 Å². The van der Waals surface area contributed by atoms with Crippen molar-refractivity contribution in [3.05, 3.63) is 71.3 Å². The molecule has 0 bridgehead atoms. The molecule has 3 nitrogen and oxygen atoms in total. The van der Waals surface area contributed by atoms with Gasteiger partial charge in [0.15, 0.2) is 0 Å². The first-order valence-electron chi connectivity index (χ1n) is 8.67. The number of carbonyl (C=O) groups excluding carboxylic acids is 1. The van der Waals surface area contributed by atoms with Gasteiger partial charge in [0.25, 0.3) is 0 Å². The summed E-state index contributed by atoms with van der Waals surface area (Å²) in [7, 11) is 0. The Hall–Kier alpha value is -2.42. The molecule has 0 unspecified atom stereocenters. The summed E-state index contributed by atoms with van der Waals surface area (Å²) in [5.74, 6) is 0.414. The van der Waals surface area contributed by atoms with Crippen LogP contribution in [0.5, 0.6) is 0 Å². The summed E-state index contributed by atoms with van der Waals surface area (Å²) >= 11 is 0. The van der Waals surface area contributed by atoms with E-state index in [2.05, 4.69) is 53.8 Å². The Morgan fingerprint density at radius 2 is 1.83 bits per heavy atom. The minimum atomic E-state index is 0.0193. The Balaban J connectivity index is 1.56. The normalized spacial score (nSPS) is 19.8. The fourth-order valence-electron chi connectivity index (χ4n) is 3.04. The number of nitrogens with one attached hydrogen (secondary N) is 1. The van der Waals surface area contributed by atoms with Crippen molar-refractivity contribution in [1.82, 2.24) is 5.43 Å². The van der Waals surface area contributed by atoms with Crippen LogP contribution in [-0.2, 0) is 11.2 Å². The molecule has 1 aliphatic carbocycles. The summed E-state index contributed by atoms with van der Waals surface area (Å²) in [4.78, 5) is 12.2. The van der Waals surface area contributed by atoms with Gasteiger partial charge in [-0.05, 0) is 42.4 Å². The highest BCUT2D eigenvalue weighted by atomic mass is 16.2. The molecule has 1 fully saturated rings. The van der Waals surface area contributed by atoms with E-state index >= 15 is 0 Å². The van der Waals surface area contributed by atoms with Gasteiger partial charge in [-0.2, -0.15) is 5.10 Å². The Labute approximate surface area is 143 Å². The molecule has 0 radical (unpaired) electrons. The monoisotopic (exact) mass is 320 g/mol. The van der Waals surface area contributed by atoms with Crippen molar-refractivity contribution in [3.63, 3.8) is 0 Å². The van der Waals surface area contributed by atoms with E-state index in [0.717, 1.165) is 30.5 Å². The predicted molar refractivity (Wildman–Crippen MR) is 98.1 cm³/mol. The maximum Gasteiger partial charge on any atom is 0.243 e. The number of aryl methyl sites for hydroxylation is 1. The molecule has 24 heavy (non-hydrogen) atoms. The molecular formula is C21H24N2O. The van der Waals surface area contributed by atoms with Crippen LogP contribution in [0.4, 0.5) is 0 Å². The van der Waals surface area contributed by atoms with E-state index in [4.69, 9.17) is 0 Å². The van der Waals surface area contributed by atoms with Gasteiger partial charge in [0.05, 0.1) is 5.71 Å². The van der Waals surface area contributed by atoms with Crippen LogP contribution in [0.25, 0.3) is 0 Å². The van der Waals surface area contributed by atoms with Gasteiger partial charge < -0.3 is 0 Å². The average molecular weight is 320 g/mol. The van der Waals surface area contributed by atoms with Gasteiger partial charge in [0.2, 0.25) is 5.91 Å². The standard InChI is InChI=1S/C21H24N2O/c1-3-7-16-10-12-17(13-11-16)15(2)22-23-21(24)20-14-19(20)18-8-5-4-6-9-18/h4-6,8-13,19-20H,3,7,14H2,1-2H3,(H,23,24)/b22-15-/t19-,20-/m1/s1. The van der Waals surface area contributed by atoms with Gasteiger partial charge >= 0.3 is 0 Å². The zero-order valence-corrected chi connectivity index (χ0v) is 14.3. The molecule has 124 valence electrons. The molecule has 1 amide bonds. The molecule has 1 N–H and O–H groups in total. The van der Waals surface area contributed by atoms with Crippen LogP contribution in [0.1, 0.15) is 49.3 Å². The highest BCUT2D eigenvalue weighted by molar-refractivity contribution is 5.99. The van der Waals surface area contributed by atoms with Gasteiger partial charge in [0.1, 0.15) is 0 Å². The van der Waals surface area contributed by atoms with Gasteiger partial charge in [-0.1, -0.05) is 67.9 Å². The molecule has 0 heterocycles. The quantitative estimate of drug-likeness (QED) is 0.626. The molecular weight excluding hydrogens is 296 g/mol.